The Hall–Kier alpha value is -3.35. The van der Waals surface area contributed by atoms with Crippen LogP contribution in [0.15, 0.2) is 48.5 Å². The van der Waals surface area contributed by atoms with Gasteiger partial charge in [0.15, 0.2) is 0 Å². The van der Waals surface area contributed by atoms with Crippen LogP contribution in [0, 0.1) is 11.3 Å². The van der Waals surface area contributed by atoms with Crippen molar-refractivity contribution in [3.63, 3.8) is 0 Å². The van der Waals surface area contributed by atoms with Gasteiger partial charge in [-0.2, -0.15) is 0 Å². The third-order valence-electron chi connectivity index (χ3n) is 7.46. The number of benzene rings is 2. The van der Waals surface area contributed by atoms with Gasteiger partial charge in [-0.25, -0.2) is 4.79 Å². The zero-order valence-corrected chi connectivity index (χ0v) is 20.2. The monoisotopic (exact) mass is 478 g/mol. The van der Waals surface area contributed by atoms with Gasteiger partial charge in [-0.1, -0.05) is 61.9 Å². The molecule has 0 aliphatic heterocycles. The van der Waals surface area contributed by atoms with Gasteiger partial charge >= 0.3 is 12.1 Å². The quantitative estimate of drug-likeness (QED) is 0.406. The number of amides is 2. The van der Waals surface area contributed by atoms with Gasteiger partial charge < -0.3 is 20.5 Å². The molecule has 1 unspecified atom stereocenters. The molecule has 7 heteroatoms. The summed E-state index contributed by atoms with van der Waals surface area (Å²) in [5, 5.41) is 14.7. The Morgan fingerprint density at radius 1 is 1.03 bits per heavy atom. The molecule has 0 radical (unpaired) electrons. The van der Waals surface area contributed by atoms with Crippen LogP contribution in [0.4, 0.5) is 4.79 Å². The predicted molar refractivity (Wildman–Crippen MR) is 133 cm³/mol. The number of aliphatic carboxylic acids is 1. The summed E-state index contributed by atoms with van der Waals surface area (Å²) in [6.45, 7) is 2.81. The van der Waals surface area contributed by atoms with Crippen molar-refractivity contribution >= 4 is 18.0 Å². The highest BCUT2D eigenvalue weighted by Crippen LogP contribution is 2.45. The van der Waals surface area contributed by atoms with Crippen LogP contribution in [0.25, 0.3) is 11.1 Å². The zero-order valence-electron chi connectivity index (χ0n) is 20.2. The molecule has 0 bridgehead atoms. The molecule has 0 spiro atoms. The summed E-state index contributed by atoms with van der Waals surface area (Å²) in [5.41, 5.74) is 4.49. The molecule has 35 heavy (non-hydrogen) atoms. The van der Waals surface area contributed by atoms with E-state index in [2.05, 4.69) is 34.9 Å². The fourth-order valence-electron chi connectivity index (χ4n) is 5.16. The minimum atomic E-state index is -0.816. The van der Waals surface area contributed by atoms with Crippen LogP contribution in [-0.4, -0.2) is 42.8 Å². The van der Waals surface area contributed by atoms with E-state index in [1.165, 1.54) is 22.3 Å². The summed E-state index contributed by atoms with van der Waals surface area (Å²) >= 11 is 0. The summed E-state index contributed by atoms with van der Waals surface area (Å²) in [5.74, 6) is -1.27. The molecule has 1 atom stereocenters. The second-order valence-corrected chi connectivity index (χ2v) is 9.94. The molecule has 1 fully saturated rings. The van der Waals surface area contributed by atoms with Gasteiger partial charge in [-0.05, 0) is 53.4 Å². The lowest BCUT2D eigenvalue weighted by atomic mass is 9.66. The van der Waals surface area contributed by atoms with Crippen molar-refractivity contribution in [2.24, 2.45) is 11.3 Å². The van der Waals surface area contributed by atoms with E-state index in [0.717, 1.165) is 19.3 Å². The smallest absolute Gasteiger partial charge is 0.407 e. The first-order valence-electron chi connectivity index (χ1n) is 12.5. The van der Waals surface area contributed by atoms with Crippen LogP contribution in [0.5, 0.6) is 0 Å². The van der Waals surface area contributed by atoms with Crippen LogP contribution >= 0.6 is 0 Å². The van der Waals surface area contributed by atoms with Crippen molar-refractivity contribution in [2.45, 2.75) is 51.4 Å². The lowest BCUT2D eigenvalue weighted by Gasteiger charge is -2.41. The van der Waals surface area contributed by atoms with Gasteiger partial charge in [0.1, 0.15) is 6.61 Å². The minimum absolute atomic E-state index is 0.0143. The minimum Gasteiger partial charge on any atom is -0.481 e. The van der Waals surface area contributed by atoms with Gasteiger partial charge in [0.25, 0.3) is 0 Å². The zero-order chi connectivity index (χ0) is 24.8. The average molecular weight is 479 g/mol. The summed E-state index contributed by atoms with van der Waals surface area (Å²) in [6.07, 6.45) is 3.87. The second-order valence-electron chi connectivity index (χ2n) is 9.94. The fraction of sp³-hybridized carbons (Fsp3) is 0.464. The fourth-order valence-corrected chi connectivity index (χ4v) is 5.16. The third-order valence-corrected chi connectivity index (χ3v) is 7.46. The van der Waals surface area contributed by atoms with E-state index in [0.29, 0.717) is 32.4 Å². The van der Waals surface area contributed by atoms with Gasteiger partial charge in [-0.3, -0.25) is 9.59 Å². The van der Waals surface area contributed by atoms with E-state index in [1.807, 2.05) is 24.3 Å². The highest BCUT2D eigenvalue weighted by molar-refractivity contribution is 5.79. The van der Waals surface area contributed by atoms with Crippen molar-refractivity contribution < 1.29 is 24.2 Å². The summed E-state index contributed by atoms with van der Waals surface area (Å²) < 4.78 is 5.63. The van der Waals surface area contributed by atoms with Crippen LogP contribution in [0.3, 0.4) is 0 Å². The number of ether oxygens (including phenoxy) is 1. The number of carboxylic acids is 1. The lowest BCUT2D eigenvalue weighted by molar-refractivity contribution is -0.141. The molecule has 0 saturated heterocycles. The van der Waals surface area contributed by atoms with Crippen LogP contribution < -0.4 is 10.6 Å². The Morgan fingerprint density at radius 2 is 1.66 bits per heavy atom. The summed E-state index contributed by atoms with van der Waals surface area (Å²) in [7, 11) is 0. The van der Waals surface area contributed by atoms with Crippen LogP contribution in [-0.2, 0) is 14.3 Å². The first-order chi connectivity index (χ1) is 16.9. The Labute approximate surface area is 206 Å². The normalized spacial score (nSPS) is 16.4. The first kappa shape index (κ1) is 24.8. The van der Waals surface area contributed by atoms with Gasteiger partial charge in [0.05, 0.1) is 5.92 Å². The molecule has 1 saturated carbocycles. The largest absolute Gasteiger partial charge is 0.481 e. The number of carbonyl (C=O) groups excluding carboxylic acids is 2. The predicted octanol–water partition coefficient (Wildman–Crippen LogP) is 4.70. The Bertz CT molecular complexity index is 1030. The van der Waals surface area contributed by atoms with E-state index in [4.69, 9.17) is 9.84 Å². The van der Waals surface area contributed by atoms with Crippen molar-refractivity contribution in [3.05, 3.63) is 59.7 Å². The van der Waals surface area contributed by atoms with E-state index in [1.54, 1.807) is 6.92 Å². The topological polar surface area (TPSA) is 105 Å². The molecule has 4 rings (SSSR count). The molecule has 0 aromatic heterocycles. The Morgan fingerprint density at radius 3 is 2.23 bits per heavy atom. The molecule has 3 N–H and O–H groups in total. The number of hydrogen-bond acceptors (Lipinski definition) is 4. The van der Waals surface area contributed by atoms with Crippen LogP contribution in [0.1, 0.15) is 62.5 Å². The molecule has 2 aromatic rings. The van der Waals surface area contributed by atoms with Gasteiger partial charge in [0.2, 0.25) is 5.91 Å². The number of alkyl carbamates (subject to hydrolysis) is 1. The number of hydrogen-bond donors (Lipinski definition) is 3. The highest BCUT2D eigenvalue weighted by Gasteiger charge is 2.39. The molecular weight excluding hydrogens is 444 g/mol. The van der Waals surface area contributed by atoms with Crippen molar-refractivity contribution in [1.82, 2.24) is 10.6 Å². The van der Waals surface area contributed by atoms with Gasteiger partial charge in [-0.15, -0.1) is 0 Å². The molecule has 2 aliphatic rings. The maximum Gasteiger partial charge on any atom is 0.407 e. The molecule has 7 nitrogen and oxygen atoms in total. The van der Waals surface area contributed by atoms with Crippen molar-refractivity contribution in [3.8, 4) is 11.1 Å². The van der Waals surface area contributed by atoms with Crippen molar-refractivity contribution in [1.29, 1.82) is 0 Å². The molecule has 186 valence electrons. The summed E-state index contributed by atoms with van der Waals surface area (Å²) in [6, 6.07) is 16.5. The number of carboxylic acid groups (broad SMARTS) is 1. The van der Waals surface area contributed by atoms with E-state index >= 15 is 0 Å². The first-order valence-corrected chi connectivity index (χ1v) is 12.5. The Balaban J connectivity index is 1.23. The maximum absolute atomic E-state index is 12.5. The highest BCUT2D eigenvalue weighted by atomic mass is 16.5. The summed E-state index contributed by atoms with van der Waals surface area (Å²) in [4.78, 5) is 35.9. The second kappa shape index (κ2) is 10.9. The molecule has 2 amide bonds. The average Bonchev–Trinajstić information content (AvgIpc) is 3.15. The molecular formula is C28H34N2O5. The number of carbonyl (C=O) groups is 3. The third kappa shape index (κ3) is 5.84. The molecule has 0 heterocycles. The number of rotatable bonds is 11. The van der Waals surface area contributed by atoms with Gasteiger partial charge in [0, 0.05) is 25.4 Å². The maximum atomic E-state index is 12.5. The number of nitrogens with one attached hydrogen (secondary N) is 2. The molecule has 2 aliphatic carbocycles. The van der Waals surface area contributed by atoms with Crippen LogP contribution in [0.2, 0.25) is 0 Å². The Kier molecular flexibility index (Phi) is 7.73. The SMILES string of the molecule is CC(CCCNC(=O)CC1(CNC(=O)OCC2c3ccccc3-c3ccccc32)CCC1)C(=O)O. The van der Waals surface area contributed by atoms with E-state index in [-0.39, 0.29) is 23.8 Å². The number of fused-ring (bicyclic) bond motifs is 3. The standard InChI is InChI=1S/C28H34N2O5/c1-19(26(32)33)8-6-15-29-25(31)16-28(13-7-14-28)18-30-27(34)35-17-24-22-11-4-2-9-20(22)21-10-3-5-12-23(21)24/h2-5,9-12,19,24H,6-8,13-18H2,1H3,(H,29,31)(H,30,34)(H,32,33). The molecule has 2 aromatic carbocycles. The van der Waals surface area contributed by atoms with Crippen molar-refractivity contribution in [2.75, 3.05) is 19.7 Å². The lowest BCUT2D eigenvalue weighted by Crippen LogP contribution is -2.45. The van der Waals surface area contributed by atoms with E-state index in [9.17, 15) is 14.4 Å². The van der Waals surface area contributed by atoms with E-state index < -0.39 is 18.0 Å².